The van der Waals surface area contributed by atoms with Crippen molar-refractivity contribution in [2.75, 3.05) is 12.8 Å². The van der Waals surface area contributed by atoms with Crippen molar-refractivity contribution in [2.24, 2.45) is 0 Å². The number of esters is 1. The molecule has 2 aromatic heterocycles. The van der Waals surface area contributed by atoms with Crippen molar-refractivity contribution in [3.63, 3.8) is 0 Å². The third-order valence-electron chi connectivity index (χ3n) is 2.89. The lowest BCUT2D eigenvalue weighted by molar-refractivity contribution is 0.0595. The maximum absolute atomic E-state index is 11.6. The van der Waals surface area contributed by atoms with E-state index in [0.717, 1.165) is 5.82 Å². The molecule has 0 saturated heterocycles. The number of imidazole rings is 1. The zero-order valence-electron chi connectivity index (χ0n) is 11.0. The van der Waals surface area contributed by atoms with Crippen LogP contribution in [-0.2, 0) is 24.2 Å². The first-order valence-electron chi connectivity index (χ1n) is 6.08. The Morgan fingerprint density at radius 1 is 1.47 bits per heavy atom. The molecule has 0 spiro atoms. The summed E-state index contributed by atoms with van der Waals surface area (Å²) in [5.74, 6) is 0.603. The summed E-state index contributed by atoms with van der Waals surface area (Å²) in [6.07, 6.45) is 4.29. The third kappa shape index (κ3) is 2.59. The highest BCUT2D eigenvalue weighted by molar-refractivity contribution is 5.92. The van der Waals surface area contributed by atoms with Gasteiger partial charge >= 0.3 is 5.97 Å². The maximum Gasteiger partial charge on any atom is 0.360 e. The molecule has 0 bridgehead atoms. The minimum Gasteiger partial charge on any atom is -0.464 e. The van der Waals surface area contributed by atoms with Crippen LogP contribution in [0, 0.1) is 0 Å². The molecule has 0 aromatic carbocycles. The van der Waals surface area contributed by atoms with Crippen LogP contribution >= 0.6 is 0 Å². The number of aromatic nitrogens is 4. The Morgan fingerprint density at radius 2 is 2.26 bits per heavy atom. The molecule has 7 heteroatoms. The van der Waals surface area contributed by atoms with Crippen molar-refractivity contribution in [3.05, 3.63) is 30.0 Å². The topological polar surface area (TPSA) is 88.0 Å². The molecule has 2 heterocycles. The van der Waals surface area contributed by atoms with Crippen LogP contribution in [0.15, 0.2) is 18.5 Å². The summed E-state index contributed by atoms with van der Waals surface area (Å²) < 4.78 is 8.30. The summed E-state index contributed by atoms with van der Waals surface area (Å²) in [5.41, 5.74) is 6.15. The van der Waals surface area contributed by atoms with Crippen molar-refractivity contribution < 1.29 is 9.53 Å². The van der Waals surface area contributed by atoms with Crippen molar-refractivity contribution in [1.82, 2.24) is 19.3 Å². The molecule has 0 aliphatic rings. The van der Waals surface area contributed by atoms with Gasteiger partial charge in [0.15, 0.2) is 5.69 Å². The summed E-state index contributed by atoms with van der Waals surface area (Å²) in [6, 6.07) is 1.86. The van der Waals surface area contributed by atoms with Gasteiger partial charge in [0.25, 0.3) is 0 Å². The molecule has 2 N–H and O–H groups in total. The van der Waals surface area contributed by atoms with Crippen molar-refractivity contribution in [3.8, 4) is 0 Å². The van der Waals surface area contributed by atoms with Gasteiger partial charge in [-0.3, -0.25) is 4.68 Å². The molecule has 19 heavy (non-hydrogen) atoms. The van der Waals surface area contributed by atoms with Crippen LogP contribution in [0.1, 0.15) is 23.2 Å². The van der Waals surface area contributed by atoms with Gasteiger partial charge in [0.2, 0.25) is 0 Å². The Hall–Kier alpha value is -2.31. The van der Waals surface area contributed by atoms with E-state index in [9.17, 15) is 4.79 Å². The highest BCUT2D eigenvalue weighted by atomic mass is 16.5. The molecule has 7 nitrogen and oxygen atoms in total. The van der Waals surface area contributed by atoms with Gasteiger partial charge in [-0.1, -0.05) is 6.92 Å². The Balaban J connectivity index is 2.23. The van der Waals surface area contributed by atoms with Gasteiger partial charge in [0.1, 0.15) is 11.6 Å². The number of nitrogens with two attached hydrogens (primary N) is 1. The van der Waals surface area contributed by atoms with E-state index in [1.165, 1.54) is 7.11 Å². The first-order chi connectivity index (χ1) is 9.17. The first kappa shape index (κ1) is 13.1. The van der Waals surface area contributed by atoms with Gasteiger partial charge in [-0.2, -0.15) is 5.10 Å². The molecule has 0 unspecified atom stereocenters. The smallest absolute Gasteiger partial charge is 0.360 e. The fraction of sp³-hybridized carbons (Fsp3) is 0.417. The van der Waals surface area contributed by atoms with Gasteiger partial charge in [0, 0.05) is 25.4 Å². The van der Waals surface area contributed by atoms with Crippen molar-refractivity contribution in [1.29, 1.82) is 0 Å². The lowest BCUT2D eigenvalue weighted by Gasteiger charge is -2.08. The number of hydrogen-bond donors (Lipinski definition) is 1. The minimum absolute atomic E-state index is 0.180. The highest BCUT2D eigenvalue weighted by Crippen LogP contribution is 2.16. The molecular formula is C12H17N5O2. The van der Waals surface area contributed by atoms with E-state index in [1.54, 1.807) is 10.9 Å². The molecule has 0 fully saturated rings. The molecule has 2 aromatic rings. The fourth-order valence-corrected chi connectivity index (χ4v) is 1.92. The Labute approximate surface area is 111 Å². The second-order valence-corrected chi connectivity index (χ2v) is 4.03. The normalized spacial score (nSPS) is 10.6. The Bertz CT molecular complexity index is 559. The number of carbonyl (C=O) groups is 1. The molecule has 102 valence electrons. The monoisotopic (exact) mass is 263 g/mol. The van der Waals surface area contributed by atoms with Crippen LogP contribution in [0.3, 0.4) is 0 Å². The SMILES string of the molecule is CCc1nc(C(=O)OC)c(N)n1CCn1cccn1. The molecule has 0 aliphatic heterocycles. The number of rotatable bonds is 5. The predicted octanol–water partition coefficient (Wildman–Crippen LogP) is 0.711. The highest BCUT2D eigenvalue weighted by Gasteiger charge is 2.19. The van der Waals surface area contributed by atoms with Crippen LogP contribution in [0.25, 0.3) is 0 Å². The van der Waals surface area contributed by atoms with E-state index in [0.29, 0.717) is 25.3 Å². The second-order valence-electron chi connectivity index (χ2n) is 4.03. The molecule has 0 atom stereocenters. The van der Waals surface area contributed by atoms with E-state index in [4.69, 9.17) is 5.73 Å². The van der Waals surface area contributed by atoms with Crippen LogP contribution in [0.2, 0.25) is 0 Å². The molecule has 0 saturated carbocycles. The van der Waals surface area contributed by atoms with Gasteiger partial charge < -0.3 is 15.0 Å². The minimum atomic E-state index is -0.509. The van der Waals surface area contributed by atoms with E-state index >= 15 is 0 Å². The number of aryl methyl sites for hydroxylation is 2. The average Bonchev–Trinajstić information content (AvgIpc) is 3.03. The van der Waals surface area contributed by atoms with Crippen LogP contribution in [0.4, 0.5) is 5.82 Å². The molecule has 2 rings (SSSR count). The molecule has 0 radical (unpaired) electrons. The second kappa shape index (κ2) is 5.55. The number of ether oxygens (including phenoxy) is 1. The molecular weight excluding hydrogens is 246 g/mol. The first-order valence-corrected chi connectivity index (χ1v) is 6.08. The molecule has 0 amide bonds. The largest absolute Gasteiger partial charge is 0.464 e. The van der Waals surface area contributed by atoms with Gasteiger partial charge in [-0.25, -0.2) is 9.78 Å². The summed E-state index contributed by atoms with van der Waals surface area (Å²) in [7, 11) is 1.32. The number of methoxy groups -OCH3 is 1. The Morgan fingerprint density at radius 3 is 2.84 bits per heavy atom. The summed E-state index contributed by atoms with van der Waals surface area (Å²) in [5, 5.41) is 4.13. The lowest BCUT2D eigenvalue weighted by atomic mass is 10.4. The van der Waals surface area contributed by atoms with E-state index in [1.807, 2.05) is 23.8 Å². The van der Waals surface area contributed by atoms with Crippen LogP contribution < -0.4 is 5.73 Å². The standard InChI is InChI=1S/C12H17N5O2/c1-3-9-15-10(12(18)19-2)11(13)17(9)8-7-16-6-4-5-14-16/h4-6H,3,7-8,13H2,1-2H3. The number of nitrogens with zero attached hydrogens (tertiary/aromatic N) is 4. The van der Waals surface area contributed by atoms with E-state index < -0.39 is 5.97 Å². The maximum atomic E-state index is 11.6. The number of hydrogen-bond acceptors (Lipinski definition) is 5. The third-order valence-corrected chi connectivity index (χ3v) is 2.89. The quantitative estimate of drug-likeness (QED) is 0.803. The summed E-state index contributed by atoms with van der Waals surface area (Å²) in [6.45, 7) is 3.25. The number of carbonyl (C=O) groups excluding carboxylic acids is 1. The van der Waals surface area contributed by atoms with Crippen molar-refractivity contribution >= 4 is 11.8 Å². The Kier molecular flexibility index (Phi) is 3.84. The summed E-state index contributed by atoms with van der Waals surface area (Å²) in [4.78, 5) is 15.8. The fourth-order valence-electron chi connectivity index (χ4n) is 1.92. The zero-order chi connectivity index (χ0) is 13.8. The number of anilines is 1. The van der Waals surface area contributed by atoms with Crippen molar-refractivity contribution in [2.45, 2.75) is 26.4 Å². The lowest BCUT2D eigenvalue weighted by Crippen LogP contribution is -2.13. The van der Waals surface area contributed by atoms with Gasteiger partial charge in [-0.05, 0) is 6.07 Å². The summed E-state index contributed by atoms with van der Waals surface area (Å²) >= 11 is 0. The van der Waals surface area contributed by atoms with Gasteiger partial charge in [0.05, 0.1) is 13.7 Å². The average molecular weight is 263 g/mol. The van der Waals surface area contributed by atoms with Gasteiger partial charge in [-0.15, -0.1) is 0 Å². The predicted molar refractivity (Wildman–Crippen MR) is 69.6 cm³/mol. The number of nitrogen functional groups attached to an aromatic ring is 1. The van der Waals surface area contributed by atoms with E-state index in [2.05, 4.69) is 14.8 Å². The van der Waals surface area contributed by atoms with Crippen LogP contribution in [-0.4, -0.2) is 32.4 Å². The molecule has 0 aliphatic carbocycles. The van der Waals surface area contributed by atoms with Crippen LogP contribution in [0.5, 0.6) is 0 Å². The zero-order valence-corrected chi connectivity index (χ0v) is 11.0. The van der Waals surface area contributed by atoms with E-state index in [-0.39, 0.29) is 5.69 Å².